The molecule has 2 heterocycles. The van der Waals surface area contributed by atoms with Crippen molar-refractivity contribution in [3.63, 3.8) is 0 Å². The number of nitrogens with zero attached hydrogens (tertiary/aromatic N) is 2. The van der Waals surface area contributed by atoms with Crippen LogP contribution >= 0.6 is 0 Å². The fraction of sp³-hybridized carbons (Fsp3) is 0.419. The van der Waals surface area contributed by atoms with E-state index in [1.807, 2.05) is 32.2 Å². The molecule has 0 bridgehead atoms. The molecule has 9 heteroatoms. The van der Waals surface area contributed by atoms with Crippen molar-refractivity contribution in [1.29, 1.82) is 0 Å². The highest BCUT2D eigenvalue weighted by Crippen LogP contribution is 2.36. The van der Waals surface area contributed by atoms with Crippen LogP contribution in [0.2, 0.25) is 0 Å². The Morgan fingerprint density at radius 3 is 2.23 bits per heavy atom. The van der Waals surface area contributed by atoms with E-state index in [0.29, 0.717) is 43.9 Å². The topological polar surface area (TPSA) is 142 Å². The van der Waals surface area contributed by atoms with E-state index in [4.69, 9.17) is 5.73 Å². The standard InChI is InChI=1S/C31H42N6O3/c1-3-25-26(21-37-30(32)29(25)22-11-14-24(38)15-12-22)23-13-16-27(36-20-23)31(40)35-19-9-18-34-28(39)10-7-5-4-6-8-17-33-2/h11-16,20-21,33,38H,3-10,17-19H2,1-2H3,(H2,32,37)(H,34,39)(H,35,40). The van der Waals surface area contributed by atoms with Crippen LogP contribution in [0.25, 0.3) is 22.3 Å². The molecule has 0 atom stereocenters. The Labute approximate surface area is 237 Å². The molecule has 0 saturated heterocycles. The van der Waals surface area contributed by atoms with E-state index in [1.54, 1.807) is 30.6 Å². The molecule has 6 N–H and O–H groups in total. The van der Waals surface area contributed by atoms with Gasteiger partial charge in [-0.15, -0.1) is 0 Å². The first-order valence-electron chi connectivity index (χ1n) is 14.2. The minimum Gasteiger partial charge on any atom is -0.508 e. The van der Waals surface area contributed by atoms with Gasteiger partial charge in [-0.2, -0.15) is 0 Å². The first-order valence-corrected chi connectivity index (χ1v) is 14.2. The Hall–Kier alpha value is -3.98. The lowest BCUT2D eigenvalue weighted by Gasteiger charge is -2.16. The van der Waals surface area contributed by atoms with Gasteiger partial charge in [-0.1, -0.05) is 44.4 Å². The number of phenolic OH excluding ortho intramolecular Hbond substituents is 1. The minimum atomic E-state index is -0.257. The third-order valence-electron chi connectivity index (χ3n) is 6.82. The predicted molar refractivity (Wildman–Crippen MR) is 160 cm³/mol. The maximum atomic E-state index is 12.6. The number of amides is 2. The highest BCUT2D eigenvalue weighted by Gasteiger charge is 2.16. The molecular weight excluding hydrogens is 504 g/mol. The summed E-state index contributed by atoms with van der Waals surface area (Å²) in [5, 5.41) is 18.6. The number of hydrogen-bond donors (Lipinski definition) is 5. The van der Waals surface area contributed by atoms with E-state index in [9.17, 15) is 14.7 Å². The quantitative estimate of drug-likeness (QED) is 0.167. The number of nitrogen functional groups attached to an aromatic ring is 1. The Bertz CT molecular complexity index is 1230. The molecule has 214 valence electrons. The fourth-order valence-corrected chi connectivity index (χ4v) is 4.63. The summed E-state index contributed by atoms with van der Waals surface area (Å²) >= 11 is 0. The molecule has 40 heavy (non-hydrogen) atoms. The van der Waals surface area contributed by atoms with Crippen LogP contribution in [-0.2, 0) is 11.2 Å². The lowest BCUT2D eigenvalue weighted by molar-refractivity contribution is -0.121. The monoisotopic (exact) mass is 546 g/mol. The van der Waals surface area contributed by atoms with Crippen molar-refractivity contribution in [2.24, 2.45) is 0 Å². The van der Waals surface area contributed by atoms with Gasteiger partial charge in [0.2, 0.25) is 5.91 Å². The van der Waals surface area contributed by atoms with Crippen LogP contribution in [0.5, 0.6) is 5.75 Å². The van der Waals surface area contributed by atoms with Gasteiger partial charge in [0.15, 0.2) is 0 Å². The van der Waals surface area contributed by atoms with E-state index in [1.165, 1.54) is 12.8 Å². The smallest absolute Gasteiger partial charge is 0.269 e. The maximum absolute atomic E-state index is 12.6. The van der Waals surface area contributed by atoms with Crippen molar-refractivity contribution in [2.75, 3.05) is 32.4 Å². The summed E-state index contributed by atoms with van der Waals surface area (Å²) in [6.45, 7) is 4.07. The van der Waals surface area contributed by atoms with Crippen molar-refractivity contribution in [1.82, 2.24) is 25.9 Å². The molecule has 2 amide bonds. The number of pyridine rings is 2. The van der Waals surface area contributed by atoms with E-state index < -0.39 is 0 Å². The summed E-state index contributed by atoms with van der Waals surface area (Å²) in [5.74, 6) is 0.412. The number of rotatable bonds is 16. The number of aromatic hydroxyl groups is 1. The first-order chi connectivity index (χ1) is 19.4. The lowest BCUT2D eigenvalue weighted by Crippen LogP contribution is -2.30. The van der Waals surface area contributed by atoms with Gasteiger partial charge < -0.3 is 26.8 Å². The first kappa shape index (κ1) is 30.6. The molecular formula is C31H42N6O3. The largest absolute Gasteiger partial charge is 0.508 e. The number of nitrogens with two attached hydrogens (primary N) is 1. The molecule has 2 aromatic heterocycles. The number of carbonyl (C=O) groups is 2. The van der Waals surface area contributed by atoms with Gasteiger partial charge in [0.05, 0.1) is 0 Å². The maximum Gasteiger partial charge on any atom is 0.269 e. The summed E-state index contributed by atoms with van der Waals surface area (Å²) in [6, 6.07) is 10.4. The van der Waals surface area contributed by atoms with Crippen LogP contribution < -0.4 is 21.7 Å². The Balaban J connectivity index is 1.47. The molecule has 3 aromatic rings. The Kier molecular flexibility index (Phi) is 12.4. The third kappa shape index (κ3) is 9.05. The van der Waals surface area contributed by atoms with Crippen LogP contribution in [0, 0.1) is 0 Å². The van der Waals surface area contributed by atoms with Gasteiger partial charge in [-0.25, -0.2) is 4.98 Å². The van der Waals surface area contributed by atoms with Crippen LogP contribution in [0.1, 0.15) is 67.9 Å². The van der Waals surface area contributed by atoms with E-state index in [-0.39, 0.29) is 17.6 Å². The van der Waals surface area contributed by atoms with Gasteiger partial charge >= 0.3 is 0 Å². The van der Waals surface area contributed by atoms with Crippen molar-refractivity contribution in [3.05, 3.63) is 60.0 Å². The number of carbonyl (C=O) groups excluding carboxylic acids is 2. The molecule has 0 unspecified atom stereocenters. The van der Waals surface area contributed by atoms with E-state index in [0.717, 1.165) is 53.6 Å². The second-order valence-corrected chi connectivity index (χ2v) is 9.82. The molecule has 0 aliphatic rings. The molecule has 0 fully saturated rings. The summed E-state index contributed by atoms with van der Waals surface area (Å²) in [6.07, 6.45) is 10.8. The van der Waals surface area contributed by atoms with Crippen LogP contribution in [0.4, 0.5) is 5.82 Å². The van der Waals surface area contributed by atoms with Crippen molar-refractivity contribution in [3.8, 4) is 28.0 Å². The van der Waals surface area contributed by atoms with Gasteiger partial charge in [0.25, 0.3) is 5.91 Å². The third-order valence-corrected chi connectivity index (χ3v) is 6.82. The number of aromatic nitrogens is 2. The summed E-state index contributed by atoms with van der Waals surface area (Å²) in [7, 11) is 1.96. The zero-order valence-corrected chi connectivity index (χ0v) is 23.6. The van der Waals surface area contributed by atoms with Crippen LogP contribution in [0.3, 0.4) is 0 Å². The Morgan fingerprint density at radius 2 is 1.52 bits per heavy atom. The molecule has 0 spiro atoms. The second-order valence-electron chi connectivity index (χ2n) is 9.82. The van der Waals surface area contributed by atoms with Gasteiger partial charge in [0, 0.05) is 48.6 Å². The zero-order chi connectivity index (χ0) is 28.7. The molecule has 0 radical (unpaired) electrons. The molecule has 0 aliphatic carbocycles. The number of unbranched alkanes of at least 4 members (excludes halogenated alkanes) is 4. The molecule has 0 saturated carbocycles. The van der Waals surface area contributed by atoms with Crippen LogP contribution in [0.15, 0.2) is 48.8 Å². The zero-order valence-electron chi connectivity index (χ0n) is 23.6. The number of nitrogens with one attached hydrogen (secondary N) is 3. The molecule has 1 aromatic carbocycles. The van der Waals surface area contributed by atoms with Crippen molar-refractivity contribution < 1.29 is 14.7 Å². The van der Waals surface area contributed by atoms with E-state index >= 15 is 0 Å². The minimum absolute atomic E-state index is 0.0657. The summed E-state index contributed by atoms with van der Waals surface area (Å²) < 4.78 is 0. The normalized spacial score (nSPS) is 10.8. The highest BCUT2D eigenvalue weighted by molar-refractivity contribution is 5.92. The van der Waals surface area contributed by atoms with Crippen LogP contribution in [-0.4, -0.2) is 53.6 Å². The predicted octanol–water partition coefficient (Wildman–Crippen LogP) is 4.46. The fourth-order valence-electron chi connectivity index (χ4n) is 4.63. The van der Waals surface area contributed by atoms with Gasteiger partial charge in [-0.3, -0.25) is 14.6 Å². The SMILES string of the molecule is CCc1c(-c2ccc(C(=O)NCCCNC(=O)CCCCCCCNC)nc2)cnc(N)c1-c1ccc(O)cc1. The molecule has 3 rings (SSSR count). The number of anilines is 1. The lowest BCUT2D eigenvalue weighted by atomic mass is 9.92. The van der Waals surface area contributed by atoms with Gasteiger partial charge in [-0.05, 0) is 68.6 Å². The summed E-state index contributed by atoms with van der Waals surface area (Å²) in [4.78, 5) is 33.3. The second kappa shape index (κ2) is 16.2. The molecule has 0 aliphatic heterocycles. The number of phenols is 1. The van der Waals surface area contributed by atoms with Crippen molar-refractivity contribution in [2.45, 2.75) is 58.3 Å². The molecule has 9 nitrogen and oxygen atoms in total. The number of benzene rings is 1. The van der Waals surface area contributed by atoms with Gasteiger partial charge in [0.1, 0.15) is 17.3 Å². The van der Waals surface area contributed by atoms with E-state index in [2.05, 4.69) is 25.9 Å². The number of hydrogen-bond acceptors (Lipinski definition) is 7. The average molecular weight is 547 g/mol. The van der Waals surface area contributed by atoms with Crippen molar-refractivity contribution >= 4 is 17.6 Å². The average Bonchev–Trinajstić information content (AvgIpc) is 2.97. The Morgan fingerprint density at radius 1 is 0.825 bits per heavy atom. The highest BCUT2D eigenvalue weighted by atomic mass is 16.3. The summed E-state index contributed by atoms with van der Waals surface area (Å²) in [5.41, 5.74) is 11.0.